The second-order valence-electron chi connectivity index (χ2n) is 4.87. The zero-order chi connectivity index (χ0) is 13.5. The lowest BCUT2D eigenvalue weighted by molar-refractivity contribution is -0.133. The Bertz CT molecular complexity index is 470. The molecule has 98 valence electrons. The van der Waals surface area contributed by atoms with Gasteiger partial charge in [-0.1, -0.05) is 6.92 Å². The van der Waals surface area contributed by atoms with E-state index in [-0.39, 0.29) is 18.0 Å². The van der Waals surface area contributed by atoms with Gasteiger partial charge >= 0.3 is 6.03 Å². The van der Waals surface area contributed by atoms with Crippen LogP contribution in [0.2, 0.25) is 0 Å². The van der Waals surface area contributed by atoms with Crippen LogP contribution >= 0.6 is 11.3 Å². The highest BCUT2D eigenvalue weighted by Gasteiger charge is 2.51. The normalized spacial score (nSPS) is 20.7. The van der Waals surface area contributed by atoms with E-state index in [1.54, 1.807) is 27.1 Å². The fraction of sp³-hybridized carbons (Fsp3) is 0.583. The number of carbonyl (C=O) groups is 2. The first kappa shape index (κ1) is 13.0. The molecule has 0 spiro atoms. The highest BCUT2D eigenvalue weighted by atomic mass is 32.1. The Labute approximate surface area is 110 Å². The Kier molecular flexibility index (Phi) is 3.14. The molecule has 2 rings (SSSR count). The van der Waals surface area contributed by atoms with Gasteiger partial charge in [0.05, 0.1) is 6.04 Å². The van der Waals surface area contributed by atoms with Crippen molar-refractivity contribution in [2.24, 2.45) is 0 Å². The molecule has 0 aromatic carbocycles. The number of imide groups is 1. The number of thiazole rings is 1. The van der Waals surface area contributed by atoms with Crippen molar-refractivity contribution in [3.05, 3.63) is 16.6 Å². The van der Waals surface area contributed by atoms with E-state index < -0.39 is 5.54 Å². The zero-order valence-electron chi connectivity index (χ0n) is 11.0. The minimum absolute atomic E-state index is 0.156. The standard InChI is InChI=1S/C12H17N3O2S/c1-5-8(9-13-6-7-18-9)15-10(16)12(2,3)14(4)11(15)17/h6-8H,5H2,1-4H3. The number of rotatable bonds is 3. The number of amides is 3. The van der Waals surface area contributed by atoms with E-state index in [9.17, 15) is 9.59 Å². The molecule has 6 heteroatoms. The molecule has 0 saturated carbocycles. The second-order valence-corrected chi connectivity index (χ2v) is 5.80. The van der Waals surface area contributed by atoms with Gasteiger partial charge in [-0.3, -0.25) is 9.69 Å². The van der Waals surface area contributed by atoms with Crippen molar-refractivity contribution in [2.45, 2.75) is 38.8 Å². The van der Waals surface area contributed by atoms with E-state index in [2.05, 4.69) is 4.98 Å². The van der Waals surface area contributed by atoms with Crippen LogP contribution in [0.15, 0.2) is 11.6 Å². The summed E-state index contributed by atoms with van der Waals surface area (Å²) in [6.45, 7) is 5.49. The third kappa shape index (κ3) is 1.71. The number of hydrogen-bond donors (Lipinski definition) is 0. The maximum Gasteiger partial charge on any atom is 0.328 e. The lowest BCUT2D eigenvalue weighted by atomic mass is 10.0. The quantitative estimate of drug-likeness (QED) is 0.789. The van der Waals surface area contributed by atoms with Crippen LogP contribution in [0.3, 0.4) is 0 Å². The van der Waals surface area contributed by atoms with Crippen molar-refractivity contribution in [3.63, 3.8) is 0 Å². The molecule has 0 radical (unpaired) electrons. The Morgan fingerprint density at radius 1 is 1.44 bits per heavy atom. The van der Waals surface area contributed by atoms with Crippen LogP contribution in [0.4, 0.5) is 4.79 Å². The van der Waals surface area contributed by atoms with Gasteiger partial charge in [0.25, 0.3) is 5.91 Å². The smallest absolute Gasteiger partial charge is 0.313 e. The fourth-order valence-corrected chi connectivity index (χ4v) is 2.88. The Balaban J connectivity index is 2.39. The monoisotopic (exact) mass is 267 g/mol. The molecule has 1 aromatic heterocycles. The maximum absolute atomic E-state index is 12.4. The molecule has 3 amide bonds. The molecule has 0 bridgehead atoms. The number of nitrogens with zero attached hydrogens (tertiary/aromatic N) is 3. The molecule has 1 aliphatic heterocycles. The summed E-state index contributed by atoms with van der Waals surface area (Å²) in [7, 11) is 1.66. The first-order valence-corrected chi connectivity index (χ1v) is 6.80. The van der Waals surface area contributed by atoms with Gasteiger partial charge in [-0.2, -0.15) is 0 Å². The van der Waals surface area contributed by atoms with E-state index in [0.29, 0.717) is 6.42 Å². The molecule has 2 heterocycles. The molecule has 0 N–H and O–H groups in total. The maximum atomic E-state index is 12.4. The van der Waals surface area contributed by atoms with Crippen LogP contribution in [0.5, 0.6) is 0 Å². The molecule has 1 unspecified atom stereocenters. The number of hydrogen-bond acceptors (Lipinski definition) is 4. The van der Waals surface area contributed by atoms with Crippen LogP contribution in [-0.2, 0) is 4.79 Å². The second kappa shape index (κ2) is 4.35. The minimum Gasteiger partial charge on any atom is -0.313 e. The molecule has 1 fully saturated rings. The molecular formula is C12H17N3O2S. The predicted octanol–water partition coefficient (Wildman–Crippen LogP) is 2.27. The third-order valence-corrected chi connectivity index (χ3v) is 4.39. The van der Waals surface area contributed by atoms with Crippen LogP contribution in [0.1, 0.15) is 38.2 Å². The van der Waals surface area contributed by atoms with Crippen LogP contribution < -0.4 is 0 Å². The van der Waals surface area contributed by atoms with Gasteiger partial charge in [-0.15, -0.1) is 11.3 Å². The molecule has 1 aliphatic rings. The van der Waals surface area contributed by atoms with Crippen molar-refractivity contribution in [3.8, 4) is 0 Å². The van der Waals surface area contributed by atoms with E-state index in [4.69, 9.17) is 0 Å². The number of carbonyl (C=O) groups excluding carboxylic acids is 2. The lowest BCUT2D eigenvalue weighted by Crippen LogP contribution is -2.41. The summed E-state index contributed by atoms with van der Waals surface area (Å²) < 4.78 is 0. The van der Waals surface area contributed by atoms with Crippen LogP contribution in [-0.4, -0.2) is 39.3 Å². The molecule has 5 nitrogen and oxygen atoms in total. The largest absolute Gasteiger partial charge is 0.328 e. The molecule has 1 atom stereocenters. The average molecular weight is 267 g/mol. The SMILES string of the molecule is CCC(c1nccs1)N1C(=O)N(C)C(C)(C)C1=O. The van der Waals surface area contributed by atoms with Crippen molar-refractivity contribution >= 4 is 23.3 Å². The summed E-state index contributed by atoms with van der Waals surface area (Å²) in [4.78, 5) is 31.7. The molecule has 0 aliphatic carbocycles. The first-order chi connectivity index (χ1) is 8.41. The van der Waals surface area contributed by atoms with Crippen LogP contribution in [0, 0.1) is 0 Å². The van der Waals surface area contributed by atoms with Gasteiger partial charge in [0, 0.05) is 18.6 Å². The van der Waals surface area contributed by atoms with E-state index in [0.717, 1.165) is 5.01 Å². The van der Waals surface area contributed by atoms with E-state index in [1.165, 1.54) is 21.1 Å². The van der Waals surface area contributed by atoms with Gasteiger partial charge < -0.3 is 4.90 Å². The van der Waals surface area contributed by atoms with Gasteiger partial charge in [0.15, 0.2) is 0 Å². The highest BCUT2D eigenvalue weighted by Crippen LogP contribution is 2.35. The van der Waals surface area contributed by atoms with Crippen molar-refractivity contribution < 1.29 is 9.59 Å². The number of likely N-dealkylation sites (N-methyl/N-ethyl adjacent to an activating group) is 1. The van der Waals surface area contributed by atoms with Crippen molar-refractivity contribution in [2.75, 3.05) is 7.05 Å². The van der Waals surface area contributed by atoms with Crippen molar-refractivity contribution in [1.29, 1.82) is 0 Å². The summed E-state index contributed by atoms with van der Waals surface area (Å²) in [5.74, 6) is -0.156. The molecular weight excluding hydrogens is 250 g/mol. The van der Waals surface area contributed by atoms with E-state index in [1.807, 2.05) is 12.3 Å². The number of aromatic nitrogens is 1. The molecule has 18 heavy (non-hydrogen) atoms. The predicted molar refractivity (Wildman–Crippen MR) is 69.2 cm³/mol. The third-order valence-electron chi connectivity index (χ3n) is 3.51. The van der Waals surface area contributed by atoms with E-state index >= 15 is 0 Å². The fourth-order valence-electron chi connectivity index (χ4n) is 2.07. The van der Waals surface area contributed by atoms with Gasteiger partial charge in [0.2, 0.25) is 0 Å². The van der Waals surface area contributed by atoms with Gasteiger partial charge in [0.1, 0.15) is 10.5 Å². The minimum atomic E-state index is -0.776. The average Bonchev–Trinajstić information content (AvgIpc) is 2.90. The summed E-state index contributed by atoms with van der Waals surface area (Å²) in [5, 5.41) is 2.67. The zero-order valence-corrected chi connectivity index (χ0v) is 11.8. The Hall–Kier alpha value is -1.43. The Morgan fingerprint density at radius 2 is 2.11 bits per heavy atom. The first-order valence-electron chi connectivity index (χ1n) is 5.92. The van der Waals surface area contributed by atoms with Crippen molar-refractivity contribution in [1.82, 2.24) is 14.8 Å². The van der Waals surface area contributed by atoms with Crippen LogP contribution in [0.25, 0.3) is 0 Å². The lowest BCUT2D eigenvalue weighted by Gasteiger charge is -2.23. The summed E-state index contributed by atoms with van der Waals surface area (Å²) in [5.41, 5.74) is -0.776. The Morgan fingerprint density at radius 3 is 2.50 bits per heavy atom. The molecule has 1 aromatic rings. The summed E-state index contributed by atoms with van der Waals surface area (Å²) >= 11 is 1.47. The molecule has 1 saturated heterocycles. The van der Waals surface area contributed by atoms with Gasteiger partial charge in [-0.25, -0.2) is 9.78 Å². The summed E-state index contributed by atoms with van der Waals surface area (Å²) in [6.07, 6.45) is 2.37. The number of urea groups is 1. The van der Waals surface area contributed by atoms with Gasteiger partial charge in [-0.05, 0) is 20.3 Å². The summed E-state index contributed by atoms with van der Waals surface area (Å²) in [6, 6.07) is -0.499. The topological polar surface area (TPSA) is 53.5 Å². The highest BCUT2D eigenvalue weighted by molar-refractivity contribution is 7.09.